The third-order valence-corrected chi connectivity index (χ3v) is 5.51. The fraction of sp³-hybridized carbons (Fsp3) is 0.111. The van der Waals surface area contributed by atoms with Crippen molar-refractivity contribution in [3.8, 4) is 11.5 Å². The van der Waals surface area contributed by atoms with Crippen molar-refractivity contribution in [3.63, 3.8) is 0 Å². The second-order valence-corrected chi connectivity index (χ2v) is 8.74. The van der Waals surface area contributed by atoms with E-state index < -0.39 is 0 Å². The van der Waals surface area contributed by atoms with Crippen molar-refractivity contribution in [3.05, 3.63) is 61.9 Å². The summed E-state index contributed by atoms with van der Waals surface area (Å²) in [7, 11) is 0. The number of hydrogen-bond donors (Lipinski definition) is 1. The Bertz CT molecular complexity index is 869. The van der Waals surface area contributed by atoms with Gasteiger partial charge in [-0.2, -0.15) is 0 Å². The van der Waals surface area contributed by atoms with E-state index in [9.17, 15) is 4.79 Å². The summed E-state index contributed by atoms with van der Waals surface area (Å²) in [5.41, 5.74) is 0.797. The van der Waals surface area contributed by atoms with Gasteiger partial charge in [-0.05, 0) is 48.5 Å². The zero-order chi connectivity index (χ0) is 18.5. The summed E-state index contributed by atoms with van der Waals surface area (Å²) in [5, 5.41) is 2.61. The fourth-order valence-electron chi connectivity index (χ4n) is 2.17. The molecule has 1 fully saturated rings. The summed E-state index contributed by atoms with van der Waals surface area (Å²) in [6.45, 7) is 0.790. The van der Waals surface area contributed by atoms with Crippen LogP contribution in [0.5, 0.6) is 11.5 Å². The molecule has 0 radical (unpaired) electrons. The Kier molecular flexibility index (Phi) is 6.74. The number of thiocarbonyl (C=S) groups is 1. The summed E-state index contributed by atoms with van der Waals surface area (Å²) < 4.78 is 13.9. The number of carbonyl (C=O) groups is 1. The average Bonchev–Trinajstić information content (AvgIpc) is 2.92. The van der Waals surface area contributed by atoms with Crippen molar-refractivity contribution < 1.29 is 14.3 Å². The lowest BCUT2D eigenvalue weighted by Crippen LogP contribution is -2.17. The Morgan fingerprint density at radius 2 is 1.73 bits per heavy atom. The van der Waals surface area contributed by atoms with E-state index in [2.05, 4.69) is 37.2 Å². The zero-order valence-corrected chi connectivity index (χ0v) is 18.1. The molecule has 4 nitrogen and oxygen atoms in total. The van der Waals surface area contributed by atoms with Gasteiger partial charge in [0.2, 0.25) is 0 Å². The number of rotatable bonds is 6. The Morgan fingerprint density at radius 1 is 1.04 bits per heavy atom. The minimum absolute atomic E-state index is 0.190. The lowest BCUT2D eigenvalue weighted by Gasteiger charge is -2.11. The molecule has 3 rings (SSSR count). The number of thioether (sulfide) groups is 1. The van der Waals surface area contributed by atoms with E-state index in [1.807, 2.05) is 42.5 Å². The first-order chi connectivity index (χ1) is 12.5. The van der Waals surface area contributed by atoms with Crippen LogP contribution in [0.15, 0.2) is 56.3 Å². The summed E-state index contributed by atoms with van der Waals surface area (Å²) in [4.78, 5) is 12.4. The molecule has 1 amide bonds. The van der Waals surface area contributed by atoms with Crippen molar-refractivity contribution in [2.45, 2.75) is 0 Å². The molecule has 2 aromatic carbocycles. The predicted octanol–water partition coefficient (Wildman–Crippen LogP) is 5.16. The first kappa shape index (κ1) is 19.4. The first-order valence-electron chi connectivity index (χ1n) is 7.57. The Balaban J connectivity index is 1.64. The van der Waals surface area contributed by atoms with Gasteiger partial charge < -0.3 is 14.8 Å². The van der Waals surface area contributed by atoms with E-state index in [1.165, 1.54) is 11.8 Å². The third-order valence-electron chi connectivity index (χ3n) is 3.32. The molecule has 0 spiro atoms. The van der Waals surface area contributed by atoms with E-state index in [0.29, 0.717) is 28.2 Å². The van der Waals surface area contributed by atoms with Crippen LogP contribution in [0.25, 0.3) is 6.08 Å². The van der Waals surface area contributed by atoms with Gasteiger partial charge in [0.1, 0.15) is 29.0 Å². The van der Waals surface area contributed by atoms with Gasteiger partial charge in [-0.3, -0.25) is 4.79 Å². The molecule has 0 bridgehead atoms. The Labute approximate surface area is 177 Å². The number of amides is 1. The van der Waals surface area contributed by atoms with Crippen molar-refractivity contribution >= 4 is 72.1 Å². The molecular formula is C18H13Br2NO3S2. The topological polar surface area (TPSA) is 47.6 Å². The van der Waals surface area contributed by atoms with Crippen LogP contribution in [0.2, 0.25) is 0 Å². The van der Waals surface area contributed by atoms with Gasteiger partial charge in [-0.15, -0.1) is 0 Å². The van der Waals surface area contributed by atoms with Crippen molar-refractivity contribution in [1.82, 2.24) is 5.32 Å². The molecule has 8 heteroatoms. The number of nitrogens with one attached hydrogen (secondary N) is 1. The molecule has 0 atom stereocenters. The van der Waals surface area contributed by atoms with Gasteiger partial charge in [0, 0.05) is 14.5 Å². The summed E-state index contributed by atoms with van der Waals surface area (Å²) >= 11 is 13.1. The van der Waals surface area contributed by atoms with Crippen LogP contribution >= 0.6 is 55.8 Å². The average molecular weight is 515 g/mol. The highest BCUT2D eigenvalue weighted by molar-refractivity contribution is 9.10. The van der Waals surface area contributed by atoms with Gasteiger partial charge >= 0.3 is 0 Å². The maximum atomic E-state index is 11.9. The maximum Gasteiger partial charge on any atom is 0.263 e. The number of ether oxygens (including phenoxy) is 2. The largest absolute Gasteiger partial charge is 0.490 e. The first-order valence-corrected chi connectivity index (χ1v) is 10.4. The highest BCUT2D eigenvalue weighted by Crippen LogP contribution is 2.31. The molecule has 0 aromatic heterocycles. The predicted molar refractivity (Wildman–Crippen MR) is 116 cm³/mol. The monoisotopic (exact) mass is 513 g/mol. The van der Waals surface area contributed by atoms with Crippen LogP contribution < -0.4 is 14.8 Å². The molecular weight excluding hydrogens is 502 g/mol. The van der Waals surface area contributed by atoms with Crippen LogP contribution in [-0.4, -0.2) is 23.4 Å². The molecule has 1 aliphatic heterocycles. The molecule has 1 N–H and O–H groups in total. The number of halogens is 2. The lowest BCUT2D eigenvalue weighted by molar-refractivity contribution is -0.115. The highest BCUT2D eigenvalue weighted by Gasteiger charge is 2.22. The SMILES string of the molecule is O=C1NC(=S)SC1=Cc1cc(Br)ccc1OCCOc1ccc(Br)cc1. The smallest absolute Gasteiger partial charge is 0.263 e. The number of hydrogen-bond acceptors (Lipinski definition) is 5. The minimum atomic E-state index is -0.190. The van der Waals surface area contributed by atoms with Crippen LogP contribution in [0.4, 0.5) is 0 Å². The molecule has 2 aromatic rings. The number of benzene rings is 2. The van der Waals surface area contributed by atoms with Crippen molar-refractivity contribution in [2.24, 2.45) is 0 Å². The van der Waals surface area contributed by atoms with Gasteiger partial charge in [0.15, 0.2) is 0 Å². The molecule has 134 valence electrons. The zero-order valence-electron chi connectivity index (χ0n) is 13.3. The van der Waals surface area contributed by atoms with E-state index in [4.69, 9.17) is 21.7 Å². The third kappa shape index (κ3) is 5.33. The maximum absolute atomic E-state index is 11.9. The molecule has 1 saturated heterocycles. The van der Waals surface area contributed by atoms with E-state index in [1.54, 1.807) is 6.08 Å². The quantitative estimate of drug-likeness (QED) is 0.328. The van der Waals surface area contributed by atoms with E-state index >= 15 is 0 Å². The molecule has 26 heavy (non-hydrogen) atoms. The second-order valence-electron chi connectivity index (χ2n) is 5.19. The molecule has 0 unspecified atom stereocenters. The van der Waals surface area contributed by atoms with Gasteiger partial charge in [-0.1, -0.05) is 55.8 Å². The van der Waals surface area contributed by atoms with E-state index in [-0.39, 0.29) is 5.91 Å². The normalized spacial score (nSPS) is 15.2. The Morgan fingerprint density at radius 3 is 2.42 bits per heavy atom. The second kappa shape index (κ2) is 9.03. The minimum Gasteiger partial charge on any atom is -0.490 e. The van der Waals surface area contributed by atoms with Crippen LogP contribution in [0, 0.1) is 0 Å². The van der Waals surface area contributed by atoms with Crippen molar-refractivity contribution in [1.29, 1.82) is 0 Å². The highest BCUT2D eigenvalue weighted by atomic mass is 79.9. The van der Waals surface area contributed by atoms with Crippen LogP contribution in [0.3, 0.4) is 0 Å². The van der Waals surface area contributed by atoms with Gasteiger partial charge in [0.25, 0.3) is 5.91 Å². The van der Waals surface area contributed by atoms with Crippen LogP contribution in [0.1, 0.15) is 5.56 Å². The Hall–Kier alpha value is -1.35. The molecule has 0 saturated carbocycles. The van der Waals surface area contributed by atoms with Gasteiger partial charge in [0.05, 0.1) is 4.91 Å². The summed E-state index contributed by atoms with van der Waals surface area (Å²) in [6, 6.07) is 13.3. The summed E-state index contributed by atoms with van der Waals surface area (Å²) in [6.07, 6.45) is 1.77. The molecule has 0 aliphatic carbocycles. The lowest BCUT2D eigenvalue weighted by atomic mass is 10.2. The van der Waals surface area contributed by atoms with E-state index in [0.717, 1.165) is 20.3 Å². The standard InChI is InChI=1S/C18H13Br2NO3S2/c19-12-1-4-14(5-2-12)23-7-8-24-15-6-3-13(20)9-11(15)10-16-17(22)21-18(25)26-16/h1-6,9-10H,7-8H2,(H,21,22,25). The van der Waals surface area contributed by atoms with Crippen LogP contribution in [-0.2, 0) is 4.79 Å². The number of carbonyl (C=O) groups excluding carboxylic acids is 1. The van der Waals surface area contributed by atoms with Crippen molar-refractivity contribution in [2.75, 3.05) is 13.2 Å². The van der Waals surface area contributed by atoms with Gasteiger partial charge in [-0.25, -0.2) is 0 Å². The molecule has 1 heterocycles. The molecule has 1 aliphatic rings. The summed E-state index contributed by atoms with van der Waals surface area (Å²) in [5.74, 6) is 1.26. The fourth-order valence-corrected chi connectivity index (χ4v) is 3.85.